The average Bonchev–Trinajstić information content (AvgIpc) is 2.08. The van der Waals surface area contributed by atoms with E-state index in [9.17, 15) is 9.18 Å². The highest BCUT2D eigenvalue weighted by atomic mass is 19.1. The molecule has 0 heterocycles. The molecule has 0 atom stereocenters. The minimum Gasteiger partial charge on any atom is -0.504 e. The maximum atomic E-state index is 12.8. The number of halogens is 1. The van der Waals surface area contributed by atoms with Crippen LogP contribution in [0.3, 0.4) is 0 Å². The summed E-state index contributed by atoms with van der Waals surface area (Å²) >= 11 is 0. The number of benzene rings is 1. The summed E-state index contributed by atoms with van der Waals surface area (Å²) in [5, 5.41) is 9.10. The van der Waals surface area contributed by atoms with E-state index in [4.69, 9.17) is 5.11 Å². The Balaban J connectivity index is 3.38. The Morgan fingerprint density at radius 1 is 1.58 bits per heavy atom. The van der Waals surface area contributed by atoms with Crippen LogP contribution in [0.25, 0.3) is 0 Å². The summed E-state index contributed by atoms with van der Waals surface area (Å²) in [6.07, 6.45) is 0.299. The number of rotatable bonds is 2. The molecular formula is C8H7FO3. The van der Waals surface area contributed by atoms with Crippen LogP contribution in [-0.2, 0) is 0 Å². The van der Waals surface area contributed by atoms with Crippen LogP contribution >= 0.6 is 0 Å². The van der Waals surface area contributed by atoms with Crippen LogP contribution in [0.2, 0.25) is 0 Å². The van der Waals surface area contributed by atoms with Gasteiger partial charge in [-0.1, -0.05) is 0 Å². The van der Waals surface area contributed by atoms with Gasteiger partial charge in [-0.15, -0.1) is 0 Å². The lowest BCUT2D eigenvalue weighted by Gasteiger charge is -2.05. The SMILES string of the molecule is COc1c(O)ccc(F)c1C=O. The van der Waals surface area contributed by atoms with Gasteiger partial charge in [0.1, 0.15) is 5.82 Å². The van der Waals surface area contributed by atoms with E-state index in [0.29, 0.717) is 6.29 Å². The van der Waals surface area contributed by atoms with E-state index < -0.39 is 5.82 Å². The molecule has 0 amide bonds. The topological polar surface area (TPSA) is 46.5 Å². The van der Waals surface area contributed by atoms with E-state index in [-0.39, 0.29) is 17.1 Å². The second-order valence-corrected chi connectivity index (χ2v) is 2.13. The normalized spacial score (nSPS) is 9.50. The first-order valence-electron chi connectivity index (χ1n) is 3.21. The first-order valence-corrected chi connectivity index (χ1v) is 3.21. The van der Waals surface area contributed by atoms with Gasteiger partial charge in [-0.3, -0.25) is 4.79 Å². The van der Waals surface area contributed by atoms with Crippen molar-refractivity contribution in [1.29, 1.82) is 0 Å². The van der Waals surface area contributed by atoms with E-state index in [0.717, 1.165) is 12.1 Å². The molecule has 0 saturated heterocycles. The van der Waals surface area contributed by atoms with Crippen molar-refractivity contribution >= 4 is 6.29 Å². The molecule has 0 unspecified atom stereocenters. The van der Waals surface area contributed by atoms with Gasteiger partial charge < -0.3 is 9.84 Å². The average molecular weight is 170 g/mol. The molecule has 0 aliphatic rings. The van der Waals surface area contributed by atoms with Crippen molar-refractivity contribution in [3.05, 3.63) is 23.5 Å². The van der Waals surface area contributed by atoms with Crippen LogP contribution in [0, 0.1) is 5.82 Å². The minimum absolute atomic E-state index is 0.134. The Kier molecular flexibility index (Phi) is 2.28. The zero-order chi connectivity index (χ0) is 9.14. The number of hydrogen-bond donors (Lipinski definition) is 1. The number of ether oxygens (including phenoxy) is 1. The molecule has 1 N–H and O–H groups in total. The molecule has 1 rings (SSSR count). The number of carbonyl (C=O) groups excluding carboxylic acids is 1. The summed E-state index contributed by atoms with van der Waals surface area (Å²) < 4.78 is 17.4. The second-order valence-electron chi connectivity index (χ2n) is 2.13. The molecule has 1 aromatic carbocycles. The molecule has 0 aliphatic carbocycles. The Labute approximate surface area is 68.4 Å². The van der Waals surface area contributed by atoms with E-state index in [2.05, 4.69) is 4.74 Å². The lowest BCUT2D eigenvalue weighted by atomic mass is 10.2. The molecule has 3 nitrogen and oxygen atoms in total. The molecule has 0 aliphatic heterocycles. The molecule has 4 heteroatoms. The van der Waals surface area contributed by atoms with Gasteiger partial charge in [-0.25, -0.2) is 4.39 Å². The lowest BCUT2D eigenvalue weighted by Crippen LogP contribution is -1.94. The van der Waals surface area contributed by atoms with Crippen molar-refractivity contribution in [2.75, 3.05) is 7.11 Å². The number of phenols is 1. The Morgan fingerprint density at radius 2 is 2.25 bits per heavy atom. The van der Waals surface area contributed by atoms with Gasteiger partial charge in [0, 0.05) is 0 Å². The molecule has 0 fully saturated rings. The summed E-state index contributed by atoms with van der Waals surface area (Å²) in [6, 6.07) is 2.13. The fraction of sp³-hybridized carbons (Fsp3) is 0.125. The van der Waals surface area contributed by atoms with Gasteiger partial charge in [-0.2, -0.15) is 0 Å². The summed E-state index contributed by atoms with van der Waals surface area (Å²) in [5.74, 6) is -1.09. The molecule has 12 heavy (non-hydrogen) atoms. The number of phenolic OH excluding ortho intramolecular Hbond substituents is 1. The fourth-order valence-electron chi connectivity index (χ4n) is 0.888. The largest absolute Gasteiger partial charge is 0.504 e. The number of methoxy groups -OCH3 is 1. The molecule has 0 saturated carbocycles. The third-order valence-electron chi connectivity index (χ3n) is 1.44. The van der Waals surface area contributed by atoms with Crippen molar-refractivity contribution in [3.63, 3.8) is 0 Å². The van der Waals surface area contributed by atoms with Gasteiger partial charge in [0.05, 0.1) is 12.7 Å². The highest BCUT2D eigenvalue weighted by Crippen LogP contribution is 2.30. The predicted molar refractivity (Wildman–Crippen MR) is 40.0 cm³/mol. The zero-order valence-electron chi connectivity index (χ0n) is 6.37. The molecule has 0 spiro atoms. The fourth-order valence-corrected chi connectivity index (χ4v) is 0.888. The molecule has 0 radical (unpaired) electrons. The Bertz CT molecular complexity index is 309. The first kappa shape index (κ1) is 8.52. The molecular weight excluding hydrogens is 163 g/mol. The molecule has 1 aromatic rings. The second kappa shape index (κ2) is 3.21. The van der Waals surface area contributed by atoms with E-state index in [1.807, 2.05) is 0 Å². The van der Waals surface area contributed by atoms with Crippen LogP contribution in [0.4, 0.5) is 4.39 Å². The van der Waals surface area contributed by atoms with Crippen molar-refractivity contribution < 1.29 is 19.0 Å². The highest BCUT2D eigenvalue weighted by molar-refractivity contribution is 5.81. The van der Waals surface area contributed by atoms with Gasteiger partial charge >= 0.3 is 0 Å². The molecule has 64 valence electrons. The number of hydrogen-bond acceptors (Lipinski definition) is 3. The molecule has 0 bridgehead atoms. The highest BCUT2D eigenvalue weighted by Gasteiger charge is 2.12. The Hall–Kier alpha value is -1.58. The van der Waals surface area contributed by atoms with Crippen molar-refractivity contribution in [2.24, 2.45) is 0 Å². The monoisotopic (exact) mass is 170 g/mol. The summed E-state index contributed by atoms with van der Waals surface area (Å²) in [7, 11) is 1.25. The number of carbonyl (C=O) groups is 1. The van der Waals surface area contributed by atoms with Crippen LogP contribution in [0.5, 0.6) is 11.5 Å². The van der Waals surface area contributed by atoms with E-state index in [1.165, 1.54) is 7.11 Å². The van der Waals surface area contributed by atoms with E-state index in [1.54, 1.807) is 0 Å². The maximum absolute atomic E-state index is 12.8. The molecule has 0 aromatic heterocycles. The zero-order valence-corrected chi connectivity index (χ0v) is 6.37. The first-order chi connectivity index (χ1) is 5.70. The standard InChI is InChI=1S/C8H7FO3/c1-12-8-5(4-10)6(9)2-3-7(8)11/h2-4,11H,1H3. The number of aromatic hydroxyl groups is 1. The summed E-state index contributed by atoms with van der Waals surface area (Å²) in [4.78, 5) is 10.3. The predicted octanol–water partition coefficient (Wildman–Crippen LogP) is 1.35. The third-order valence-corrected chi connectivity index (χ3v) is 1.44. The van der Waals surface area contributed by atoms with Gasteiger partial charge in [-0.05, 0) is 12.1 Å². The van der Waals surface area contributed by atoms with Gasteiger partial charge in [0.25, 0.3) is 0 Å². The number of aldehydes is 1. The van der Waals surface area contributed by atoms with Crippen molar-refractivity contribution in [3.8, 4) is 11.5 Å². The summed E-state index contributed by atoms with van der Waals surface area (Å²) in [6.45, 7) is 0. The van der Waals surface area contributed by atoms with Gasteiger partial charge in [0.15, 0.2) is 17.8 Å². The lowest BCUT2D eigenvalue weighted by molar-refractivity contribution is 0.111. The third kappa shape index (κ3) is 1.23. The summed E-state index contributed by atoms with van der Waals surface area (Å²) in [5.41, 5.74) is -0.266. The van der Waals surface area contributed by atoms with Crippen LogP contribution in [0.1, 0.15) is 10.4 Å². The maximum Gasteiger partial charge on any atom is 0.173 e. The van der Waals surface area contributed by atoms with Crippen LogP contribution in [0.15, 0.2) is 12.1 Å². The smallest absolute Gasteiger partial charge is 0.173 e. The van der Waals surface area contributed by atoms with Crippen molar-refractivity contribution in [1.82, 2.24) is 0 Å². The van der Waals surface area contributed by atoms with Gasteiger partial charge in [0.2, 0.25) is 0 Å². The Morgan fingerprint density at radius 3 is 2.67 bits per heavy atom. The van der Waals surface area contributed by atoms with Crippen molar-refractivity contribution in [2.45, 2.75) is 0 Å². The van der Waals surface area contributed by atoms with Crippen LogP contribution in [-0.4, -0.2) is 18.5 Å². The minimum atomic E-state index is -0.709. The quantitative estimate of drug-likeness (QED) is 0.681. The van der Waals surface area contributed by atoms with E-state index >= 15 is 0 Å². The van der Waals surface area contributed by atoms with Crippen LogP contribution < -0.4 is 4.74 Å².